The monoisotopic (exact) mass is 409 g/mol. The van der Waals surface area contributed by atoms with Crippen LogP contribution >= 0.6 is 0 Å². The first-order valence-corrected chi connectivity index (χ1v) is 10.5. The Morgan fingerprint density at radius 1 is 1.25 bits per heavy atom. The van der Waals surface area contributed by atoms with Crippen LogP contribution in [0.25, 0.3) is 0 Å². The fourth-order valence-electron chi connectivity index (χ4n) is 3.52. The maximum Gasteiger partial charge on any atom is 0.345 e. The molecule has 1 aliphatic heterocycles. The molecule has 0 N–H and O–H groups in total. The molecule has 1 aromatic heterocycles. The minimum atomic E-state index is -3.79. The molecule has 0 spiro atoms. The molecule has 1 atom stereocenters. The van der Waals surface area contributed by atoms with Crippen molar-refractivity contribution >= 4 is 15.7 Å². The van der Waals surface area contributed by atoms with E-state index in [0.717, 1.165) is 6.42 Å². The van der Waals surface area contributed by atoms with Crippen molar-refractivity contribution < 1.29 is 13.3 Å². The van der Waals surface area contributed by atoms with Crippen LogP contribution in [0.5, 0.6) is 0 Å². The Kier molecular flexibility index (Phi) is 5.39. The highest BCUT2D eigenvalue weighted by molar-refractivity contribution is 7.89. The summed E-state index contributed by atoms with van der Waals surface area (Å²) in [6.07, 6.45) is 1.37. The standard InChI is InChI=1S/C17H23N5O5S/c1-12(2)21-16(18-19(3)17(21)23)13-5-4-10-20(11-13)28(26,27)15-8-6-14(7-9-15)22(24)25/h6-9,12-13H,4-5,10-11H2,1-3H3. The van der Waals surface area contributed by atoms with Crippen LogP contribution in [0.15, 0.2) is 34.0 Å². The summed E-state index contributed by atoms with van der Waals surface area (Å²) in [4.78, 5) is 22.6. The van der Waals surface area contributed by atoms with Crippen molar-refractivity contribution in [2.75, 3.05) is 13.1 Å². The highest BCUT2D eigenvalue weighted by atomic mass is 32.2. The van der Waals surface area contributed by atoms with E-state index in [9.17, 15) is 23.3 Å². The van der Waals surface area contributed by atoms with E-state index in [1.807, 2.05) is 13.8 Å². The molecule has 0 aliphatic carbocycles. The molecule has 28 heavy (non-hydrogen) atoms. The zero-order valence-electron chi connectivity index (χ0n) is 16.0. The fourth-order valence-corrected chi connectivity index (χ4v) is 5.05. The van der Waals surface area contributed by atoms with Gasteiger partial charge in [-0.25, -0.2) is 17.9 Å². The molecule has 1 unspecified atom stereocenters. The Hall–Kier alpha value is -2.53. The number of aromatic nitrogens is 3. The number of hydrogen-bond acceptors (Lipinski definition) is 6. The van der Waals surface area contributed by atoms with Crippen LogP contribution in [0, 0.1) is 10.1 Å². The molecule has 1 aromatic carbocycles. The second-order valence-electron chi connectivity index (χ2n) is 7.18. The predicted octanol–water partition coefficient (Wildman–Crippen LogP) is 1.64. The molecule has 0 bridgehead atoms. The van der Waals surface area contributed by atoms with E-state index in [1.54, 1.807) is 11.6 Å². The van der Waals surface area contributed by atoms with Gasteiger partial charge in [-0.05, 0) is 38.8 Å². The van der Waals surface area contributed by atoms with Crippen molar-refractivity contribution in [1.82, 2.24) is 18.7 Å². The quantitative estimate of drug-likeness (QED) is 0.547. The summed E-state index contributed by atoms with van der Waals surface area (Å²) in [6, 6.07) is 4.79. The Morgan fingerprint density at radius 2 is 1.89 bits per heavy atom. The number of rotatable bonds is 5. The van der Waals surface area contributed by atoms with Crippen LogP contribution in [-0.2, 0) is 17.1 Å². The van der Waals surface area contributed by atoms with Crippen LogP contribution in [0.3, 0.4) is 0 Å². The average Bonchev–Trinajstić information content (AvgIpc) is 2.97. The number of sulfonamides is 1. The second-order valence-corrected chi connectivity index (χ2v) is 9.12. The van der Waals surface area contributed by atoms with Crippen LogP contribution in [-0.4, -0.2) is 45.1 Å². The molecule has 3 rings (SSSR count). The third kappa shape index (κ3) is 3.59. The van der Waals surface area contributed by atoms with Crippen LogP contribution in [0.4, 0.5) is 5.69 Å². The van der Waals surface area contributed by atoms with E-state index >= 15 is 0 Å². The Balaban J connectivity index is 1.90. The largest absolute Gasteiger partial charge is 0.345 e. The average molecular weight is 409 g/mol. The summed E-state index contributed by atoms with van der Waals surface area (Å²) in [5.41, 5.74) is -0.384. The van der Waals surface area contributed by atoms with Gasteiger partial charge in [0.15, 0.2) is 0 Å². The second kappa shape index (κ2) is 7.47. The molecule has 0 radical (unpaired) electrons. The first kappa shape index (κ1) is 20.2. The van der Waals surface area contributed by atoms with E-state index in [2.05, 4.69) is 5.10 Å². The molecule has 10 nitrogen and oxygen atoms in total. The Bertz CT molecular complexity index is 1040. The van der Waals surface area contributed by atoms with Gasteiger partial charge < -0.3 is 0 Å². The number of nitro groups is 1. The van der Waals surface area contributed by atoms with Crippen LogP contribution in [0.2, 0.25) is 0 Å². The predicted molar refractivity (Wildman–Crippen MR) is 102 cm³/mol. The van der Waals surface area contributed by atoms with E-state index < -0.39 is 14.9 Å². The molecule has 0 saturated carbocycles. The lowest BCUT2D eigenvalue weighted by atomic mass is 9.98. The van der Waals surface area contributed by atoms with Crippen molar-refractivity contribution in [2.24, 2.45) is 7.05 Å². The minimum absolute atomic E-state index is 0.0148. The SMILES string of the molecule is CC(C)n1c(C2CCCN(S(=O)(=O)c3ccc([N+](=O)[O-])cc3)C2)nn(C)c1=O. The molecule has 1 saturated heterocycles. The van der Waals surface area contributed by atoms with Gasteiger partial charge in [0, 0.05) is 44.2 Å². The molecule has 152 valence electrons. The number of piperidine rings is 1. The van der Waals surface area contributed by atoms with E-state index in [0.29, 0.717) is 18.8 Å². The van der Waals surface area contributed by atoms with Crippen molar-refractivity contribution in [2.45, 2.75) is 43.5 Å². The summed E-state index contributed by atoms with van der Waals surface area (Å²) in [7, 11) is -2.21. The number of benzene rings is 1. The first-order valence-electron chi connectivity index (χ1n) is 9.03. The van der Waals surface area contributed by atoms with Gasteiger partial charge in [0.05, 0.1) is 9.82 Å². The highest BCUT2D eigenvalue weighted by Gasteiger charge is 2.34. The van der Waals surface area contributed by atoms with Gasteiger partial charge in [-0.2, -0.15) is 9.40 Å². The number of nitrogens with zero attached hydrogens (tertiary/aromatic N) is 5. The smallest absolute Gasteiger partial charge is 0.276 e. The first-order chi connectivity index (χ1) is 13.1. The molecule has 2 heterocycles. The van der Waals surface area contributed by atoms with Gasteiger partial charge in [-0.1, -0.05) is 0 Å². The highest BCUT2D eigenvalue weighted by Crippen LogP contribution is 2.30. The van der Waals surface area contributed by atoms with Crippen molar-refractivity contribution in [3.05, 3.63) is 50.7 Å². The lowest BCUT2D eigenvalue weighted by Crippen LogP contribution is -2.40. The number of hydrogen-bond donors (Lipinski definition) is 0. The molecular weight excluding hydrogens is 386 g/mol. The zero-order valence-corrected chi connectivity index (χ0v) is 16.8. The molecular formula is C17H23N5O5S. The van der Waals surface area contributed by atoms with Gasteiger partial charge in [0.2, 0.25) is 10.0 Å². The Morgan fingerprint density at radius 3 is 2.46 bits per heavy atom. The lowest BCUT2D eigenvalue weighted by molar-refractivity contribution is -0.384. The molecule has 0 amide bonds. The molecule has 2 aromatic rings. The Labute approximate surface area is 162 Å². The lowest BCUT2D eigenvalue weighted by Gasteiger charge is -2.31. The van der Waals surface area contributed by atoms with Crippen molar-refractivity contribution in [3.63, 3.8) is 0 Å². The van der Waals surface area contributed by atoms with E-state index in [1.165, 1.54) is 33.3 Å². The van der Waals surface area contributed by atoms with Gasteiger partial charge in [0.25, 0.3) is 5.69 Å². The third-order valence-electron chi connectivity index (χ3n) is 4.93. The number of nitro benzene ring substituents is 1. The maximum absolute atomic E-state index is 13.0. The van der Waals surface area contributed by atoms with Gasteiger partial charge >= 0.3 is 5.69 Å². The third-order valence-corrected chi connectivity index (χ3v) is 6.81. The maximum atomic E-state index is 13.0. The van der Waals surface area contributed by atoms with Crippen molar-refractivity contribution in [1.29, 1.82) is 0 Å². The van der Waals surface area contributed by atoms with E-state index in [4.69, 9.17) is 0 Å². The van der Waals surface area contributed by atoms with Crippen LogP contribution < -0.4 is 5.69 Å². The van der Waals surface area contributed by atoms with E-state index in [-0.39, 0.29) is 34.8 Å². The van der Waals surface area contributed by atoms with Gasteiger partial charge in [0.1, 0.15) is 5.82 Å². The molecule has 1 fully saturated rings. The summed E-state index contributed by atoms with van der Waals surface area (Å²) in [5.74, 6) is 0.393. The fraction of sp³-hybridized carbons (Fsp3) is 0.529. The number of aryl methyl sites for hydroxylation is 1. The molecule has 11 heteroatoms. The van der Waals surface area contributed by atoms with Crippen LogP contribution in [0.1, 0.15) is 44.5 Å². The molecule has 1 aliphatic rings. The topological polar surface area (TPSA) is 120 Å². The summed E-state index contributed by atoms with van der Waals surface area (Å²) >= 11 is 0. The summed E-state index contributed by atoms with van der Waals surface area (Å²) in [5, 5.41) is 15.1. The number of non-ortho nitro benzene ring substituents is 1. The van der Waals surface area contributed by atoms with Gasteiger partial charge in [-0.3, -0.25) is 14.7 Å². The van der Waals surface area contributed by atoms with Crippen molar-refractivity contribution in [3.8, 4) is 0 Å². The summed E-state index contributed by atoms with van der Waals surface area (Å²) in [6.45, 7) is 4.35. The normalized spacial score (nSPS) is 18.5. The van der Waals surface area contributed by atoms with Gasteiger partial charge in [-0.15, -0.1) is 0 Å². The summed E-state index contributed by atoms with van der Waals surface area (Å²) < 4.78 is 30.2. The zero-order chi connectivity index (χ0) is 20.6. The minimum Gasteiger partial charge on any atom is -0.276 e.